The number of ether oxygens (including phenoxy) is 2. The lowest BCUT2D eigenvalue weighted by Gasteiger charge is -2.27. The molecule has 24 heavy (non-hydrogen) atoms. The van der Waals surface area contributed by atoms with Gasteiger partial charge in [-0.2, -0.15) is 0 Å². The van der Waals surface area contributed by atoms with Crippen molar-refractivity contribution in [1.82, 2.24) is 0 Å². The molecule has 1 aliphatic carbocycles. The number of carbonyl (C=O) groups excluding carboxylic acids is 2. The highest BCUT2D eigenvalue weighted by atomic mass is 16.5. The maximum Gasteiger partial charge on any atom is 0.154 e. The van der Waals surface area contributed by atoms with Crippen molar-refractivity contribution in [1.29, 1.82) is 0 Å². The lowest BCUT2D eigenvalue weighted by molar-refractivity contribution is -0.129. The van der Waals surface area contributed by atoms with E-state index in [1.54, 1.807) is 20.1 Å². The molecule has 1 aromatic rings. The Morgan fingerprint density at radius 2 is 2.08 bits per heavy atom. The fraction of sp³-hybridized carbons (Fsp3) is 0.500. The normalized spacial score (nSPS) is 36.5. The summed E-state index contributed by atoms with van der Waals surface area (Å²) in [7, 11) is 1.56. The van der Waals surface area contributed by atoms with Crippen molar-refractivity contribution in [2.45, 2.75) is 44.3 Å². The van der Waals surface area contributed by atoms with E-state index in [0.29, 0.717) is 11.3 Å². The summed E-state index contributed by atoms with van der Waals surface area (Å²) in [5.74, 6) is 5.02. The average molecular weight is 324 g/mol. The van der Waals surface area contributed by atoms with Crippen LogP contribution in [0.4, 0.5) is 0 Å². The minimum absolute atomic E-state index is 0.00829. The minimum atomic E-state index is -0.734. The molecule has 2 aliphatic heterocycles. The van der Waals surface area contributed by atoms with Gasteiger partial charge in [0, 0.05) is 11.1 Å². The molecule has 1 aromatic carbocycles. The molecule has 0 radical (unpaired) electrons. The average Bonchev–Trinajstić information content (AvgIpc) is 3.17. The predicted octanol–water partition coefficient (Wildman–Crippen LogP) is 2.49. The van der Waals surface area contributed by atoms with Gasteiger partial charge in [0.15, 0.2) is 11.6 Å². The first-order valence-corrected chi connectivity index (χ1v) is 8.36. The second kappa shape index (κ2) is 5.19. The van der Waals surface area contributed by atoms with Gasteiger partial charge < -0.3 is 9.47 Å². The highest BCUT2D eigenvalue weighted by molar-refractivity contribution is 6.17. The van der Waals surface area contributed by atoms with Gasteiger partial charge in [-0.25, -0.2) is 0 Å². The van der Waals surface area contributed by atoms with Crippen LogP contribution < -0.4 is 4.74 Å². The smallest absolute Gasteiger partial charge is 0.154 e. The van der Waals surface area contributed by atoms with E-state index in [4.69, 9.17) is 9.47 Å². The second-order valence-electron chi connectivity index (χ2n) is 7.08. The Labute approximate surface area is 141 Å². The summed E-state index contributed by atoms with van der Waals surface area (Å²) in [5.41, 5.74) is 0.996. The van der Waals surface area contributed by atoms with Crippen LogP contribution in [0.2, 0.25) is 0 Å². The van der Waals surface area contributed by atoms with Gasteiger partial charge in [0.25, 0.3) is 0 Å². The molecule has 1 saturated carbocycles. The molecule has 4 nitrogen and oxygen atoms in total. The molecule has 2 bridgehead atoms. The van der Waals surface area contributed by atoms with E-state index < -0.39 is 11.5 Å². The molecule has 2 heterocycles. The second-order valence-corrected chi connectivity index (χ2v) is 7.08. The number of Topliss-reactive ketones (excluding diaryl/α,β-unsaturated/α-hetero) is 2. The summed E-state index contributed by atoms with van der Waals surface area (Å²) in [5, 5.41) is 0. The number of ketones is 2. The van der Waals surface area contributed by atoms with Gasteiger partial charge in [-0.05, 0) is 38.8 Å². The Hall–Kier alpha value is -2.12. The Morgan fingerprint density at radius 3 is 2.75 bits per heavy atom. The topological polar surface area (TPSA) is 52.6 Å². The third kappa shape index (κ3) is 1.91. The van der Waals surface area contributed by atoms with Gasteiger partial charge in [0.1, 0.15) is 11.7 Å². The van der Waals surface area contributed by atoms with Gasteiger partial charge in [0.05, 0.1) is 30.7 Å². The molecule has 0 aromatic heterocycles. The van der Waals surface area contributed by atoms with E-state index >= 15 is 0 Å². The first-order valence-electron chi connectivity index (χ1n) is 8.36. The zero-order chi connectivity index (χ0) is 17.1. The zero-order valence-corrected chi connectivity index (χ0v) is 14.1. The lowest BCUT2D eigenvalue weighted by Crippen LogP contribution is -2.37. The van der Waals surface area contributed by atoms with Gasteiger partial charge in [-0.15, -0.1) is 5.92 Å². The minimum Gasteiger partial charge on any atom is -0.496 e. The van der Waals surface area contributed by atoms with Crippen molar-refractivity contribution in [3.63, 3.8) is 0 Å². The molecule has 0 amide bonds. The van der Waals surface area contributed by atoms with Crippen LogP contribution in [0.1, 0.15) is 43.7 Å². The SMILES string of the molecule is CC#Cc1ccc(C2C(=O)[C@H]3C4CC[C@@](C)(O4)[C@H]3C2=O)c(OC)c1. The van der Waals surface area contributed by atoms with E-state index in [2.05, 4.69) is 11.8 Å². The van der Waals surface area contributed by atoms with Gasteiger partial charge in [0.2, 0.25) is 0 Å². The molecule has 0 spiro atoms. The molecule has 3 aliphatic rings. The zero-order valence-electron chi connectivity index (χ0n) is 14.1. The maximum absolute atomic E-state index is 13.1. The van der Waals surface area contributed by atoms with Gasteiger partial charge >= 0.3 is 0 Å². The van der Waals surface area contributed by atoms with Gasteiger partial charge in [-0.3, -0.25) is 9.59 Å². The third-order valence-electron chi connectivity index (χ3n) is 5.78. The molecule has 0 N–H and O–H groups in total. The van der Waals surface area contributed by atoms with E-state index in [1.165, 1.54) is 0 Å². The summed E-state index contributed by atoms with van der Waals surface area (Å²) in [6.07, 6.45) is 1.62. The quantitative estimate of drug-likeness (QED) is 0.619. The van der Waals surface area contributed by atoms with Crippen molar-refractivity contribution >= 4 is 11.6 Å². The molecule has 4 rings (SSSR count). The third-order valence-corrected chi connectivity index (χ3v) is 5.78. The number of hydrogen-bond acceptors (Lipinski definition) is 4. The van der Waals surface area contributed by atoms with Crippen LogP contribution in [-0.4, -0.2) is 30.4 Å². The lowest BCUT2D eigenvalue weighted by atomic mass is 9.74. The Bertz CT molecular complexity index is 800. The molecule has 2 unspecified atom stereocenters. The van der Waals surface area contributed by atoms with E-state index in [9.17, 15) is 9.59 Å². The van der Waals surface area contributed by atoms with Crippen molar-refractivity contribution < 1.29 is 19.1 Å². The van der Waals surface area contributed by atoms with Crippen LogP contribution in [0.3, 0.4) is 0 Å². The van der Waals surface area contributed by atoms with Crippen molar-refractivity contribution in [3.8, 4) is 17.6 Å². The fourth-order valence-electron chi connectivity index (χ4n) is 4.78. The molecule has 2 saturated heterocycles. The number of benzene rings is 1. The predicted molar refractivity (Wildman–Crippen MR) is 87.8 cm³/mol. The van der Waals surface area contributed by atoms with Crippen LogP contribution >= 0.6 is 0 Å². The fourth-order valence-corrected chi connectivity index (χ4v) is 4.78. The molecule has 124 valence electrons. The Morgan fingerprint density at radius 1 is 1.29 bits per heavy atom. The van der Waals surface area contributed by atoms with E-state index in [0.717, 1.165) is 18.4 Å². The highest BCUT2D eigenvalue weighted by Crippen LogP contribution is 2.58. The molecule has 3 fully saturated rings. The monoisotopic (exact) mass is 324 g/mol. The van der Waals surface area contributed by atoms with E-state index in [1.807, 2.05) is 19.1 Å². The maximum atomic E-state index is 13.1. The number of methoxy groups -OCH3 is 1. The standard InChI is InChI=1S/C20H20O4/c1-4-5-11-6-7-12(14(10-11)23-3)15-18(21)16-13-8-9-20(2,24-13)17(16)19(15)22/h6-7,10,13,15-17H,8-9H2,1-3H3/t13?,15?,16-,17+,20+/m0/s1. The van der Waals surface area contributed by atoms with Crippen LogP contribution in [0.5, 0.6) is 5.75 Å². The number of rotatable bonds is 2. The number of hydrogen-bond donors (Lipinski definition) is 0. The number of fused-ring (bicyclic) bond motifs is 5. The Balaban J connectivity index is 1.77. The first-order chi connectivity index (χ1) is 11.5. The number of carbonyl (C=O) groups is 2. The van der Waals surface area contributed by atoms with Crippen LogP contribution in [0.25, 0.3) is 0 Å². The largest absolute Gasteiger partial charge is 0.496 e. The Kier molecular flexibility index (Phi) is 3.33. The van der Waals surface area contributed by atoms with Crippen molar-refractivity contribution in [2.75, 3.05) is 7.11 Å². The molecular formula is C20H20O4. The molecule has 5 atom stereocenters. The van der Waals surface area contributed by atoms with E-state index in [-0.39, 0.29) is 29.5 Å². The summed E-state index contributed by atoms with van der Waals surface area (Å²) in [4.78, 5) is 26.1. The summed E-state index contributed by atoms with van der Waals surface area (Å²) >= 11 is 0. The summed E-state index contributed by atoms with van der Waals surface area (Å²) in [6.45, 7) is 3.74. The van der Waals surface area contributed by atoms with Crippen LogP contribution in [0.15, 0.2) is 18.2 Å². The molecule has 4 heteroatoms. The van der Waals surface area contributed by atoms with Crippen molar-refractivity contribution in [3.05, 3.63) is 29.3 Å². The molecular weight excluding hydrogens is 304 g/mol. The first kappa shape index (κ1) is 15.4. The summed E-state index contributed by atoms with van der Waals surface area (Å²) < 4.78 is 11.4. The summed E-state index contributed by atoms with van der Waals surface area (Å²) in [6, 6.07) is 5.45. The van der Waals surface area contributed by atoms with Crippen molar-refractivity contribution in [2.24, 2.45) is 11.8 Å². The van der Waals surface area contributed by atoms with Gasteiger partial charge in [-0.1, -0.05) is 12.0 Å². The highest BCUT2D eigenvalue weighted by Gasteiger charge is 2.68. The van der Waals surface area contributed by atoms with Crippen LogP contribution in [-0.2, 0) is 14.3 Å². The van der Waals surface area contributed by atoms with Crippen LogP contribution in [0, 0.1) is 23.7 Å².